The Morgan fingerprint density at radius 2 is 2.29 bits per heavy atom. The van der Waals surface area contributed by atoms with Crippen molar-refractivity contribution >= 4 is 5.91 Å². The maximum absolute atomic E-state index is 13.0. The van der Waals surface area contributed by atoms with Gasteiger partial charge in [0.15, 0.2) is 0 Å². The Kier molecular flexibility index (Phi) is 3.74. The van der Waals surface area contributed by atoms with E-state index >= 15 is 0 Å². The quantitative estimate of drug-likeness (QED) is 0.818. The lowest BCUT2D eigenvalue weighted by atomic mass is 10.1. The summed E-state index contributed by atoms with van der Waals surface area (Å²) in [5.74, 6) is -0.241. The van der Waals surface area contributed by atoms with Gasteiger partial charge in [0.05, 0.1) is 6.54 Å². The molecule has 0 heterocycles. The van der Waals surface area contributed by atoms with Crippen molar-refractivity contribution in [1.82, 2.24) is 10.6 Å². The number of amides is 1. The first-order valence-corrected chi connectivity index (χ1v) is 5.93. The summed E-state index contributed by atoms with van der Waals surface area (Å²) in [7, 11) is 0. The van der Waals surface area contributed by atoms with Crippen molar-refractivity contribution in [1.29, 1.82) is 0 Å². The third-order valence-corrected chi connectivity index (χ3v) is 2.86. The molecule has 3 nitrogen and oxygen atoms in total. The topological polar surface area (TPSA) is 41.1 Å². The van der Waals surface area contributed by atoms with Crippen LogP contribution in [0.1, 0.15) is 31.4 Å². The number of halogens is 1. The molecule has 1 aromatic carbocycles. The zero-order valence-electron chi connectivity index (χ0n) is 9.87. The van der Waals surface area contributed by atoms with E-state index < -0.39 is 0 Å². The molecule has 1 aromatic rings. The molecule has 1 unspecified atom stereocenters. The summed E-state index contributed by atoms with van der Waals surface area (Å²) in [5, 5.41) is 5.98. The van der Waals surface area contributed by atoms with E-state index in [0.29, 0.717) is 6.04 Å². The molecule has 2 N–H and O–H groups in total. The van der Waals surface area contributed by atoms with Crippen LogP contribution >= 0.6 is 0 Å². The fraction of sp³-hybridized carbons (Fsp3) is 0.462. The van der Waals surface area contributed by atoms with Crippen LogP contribution in [-0.4, -0.2) is 18.5 Å². The Morgan fingerprint density at radius 1 is 1.53 bits per heavy atom. The first kappa shape index (κ1) is 12.0. The predicted molar refractivity (Wildman–Crippen MR) is 64.0 cm³/mol. The Morgan fingerprint density at radius 3 is 2.94 bits per heavy atom. The number of hydrogen-bond acceptors (Lipinski definition) is 2. The molecule has 1 fully saturated rings. The van der Waals surface area contributed by atoms with Crippen LogP contribution in [-0.2, 0) is 4.79 Å². The molecular formula is C13H17FN2O. The number of rotatable bonds is 5. The van der Waals surface area contributed by atoms with Crippen molar-refractivity contribution in [3.05, 3.63) is 35.6 Å². The molecule has 0 aromatic heterocycles. The summed E-state index contributed by atoms with van der Waals surface area (Å²) < 4.78 is 13.0. The lowest BCUT2D eigenvalue weighted by molar-refractivity contribution is -0.120. The average Bonchev–Trinajstić information content (AvgIpc) is 3.10. The summed E-state index contributed by atoms with van der Waals surface area (Å²) in [5.41, 5.74) is 0.851. The average molecular weight is 236 g/mol. The van der Waals surface area contributed by atoms with Crippen molar-refractivity contribution < 1.29 is 9.18 Å². The lowest BCUT2D eigenvalue weighted by Crippen LogP contribution is -2.36. The fourth-order valence-corrected chi connectivity index (χ4v) is 1.65. The molecule has 1 amide bonds. The molecule has 0 saturated heterocycles. The normalized spacial score (nSPS) is 16.6. The highest BCUT2D eigenvalue weighted by Crippen LogP contribution is 2.18. The van der Waals surface area contributed by atoms with Crippen LogP contribution < -0.4 is 10.6 Å². The van der Waals surface area contributed by atoms with Gasteiger partial charge in [-0.3, -0.25) is 4.79 Å². The van der Waals surface area contributed by atoms with Gasteiger partial charge in [-0.2, -0.15) is 0 Å². The van der Waals surface area contributed by atoms with Gasteiger partial charge in [-0.15, -0.1) is 0 Å². The highest BCUT2D eigenvalue weighted by atomic mass is 19.1. The molecule has 0 spiro atoms. The Hall–Kier alpha value is -1.42. The number of nitrogens with one attached hydrogen (secondary N) is 2. The maximum Gasteiger partial charge on any atom is 0.234 e. The van der Waals surface area contributed by atoms with E-state index in [0.717, 1.165) is 18.4 Å². The summed E-state index contributed by atoms with van der Waals surface area (Å²) in [6.45, 7) is 2.19. The minimum atomic E-state index is -0.251. The van der Waals surface area contributed by atoms with E-state index in [9.17, 15) is 9.18 Å². The molecule has 17 heavy (non-hydrogen) atoms. The Balaban J connectivity index is 1.79. The van der Waals surface area contributed by atoms with Crippen LogP contribution in [0.5, 0.6) is 0 Å². The molecule has 92 valence electrons. The maximum atomic E-state index is 13.0. The molecule has 1 aliphatic rings. The molecule has 0 bridgehead atoms. The number of carbonyl (C=O) groups is 1. The van der Waals surface area contributed by atoms with Gasteiger partial charge in [0.1, 0.15) is 5.82 Å². The Bertz CT molecular complexity index is 404. The van der Waals surface area contributed by atoms with Crippen molar-refractivity contribution in [2.24, 2.45) is 0 Å². The molecule has 1 atom stereocenters. The summed E-state index contributed by atoms with van der Waals surface area (Å²) in [6, 6.07) is 6.77. The molecule has 1 saturated carbocycles. The molecule has 0 radical (unpaired) electrons. The Labute approximate surface area is 100 Å². The SMILES string of the molecule is CC(NCC(=O)NC1CC1)c1cccc(F)c1. The van der Waals surface area contributed by atoms with Gasteiger partial charge >= 0.3 is 0 Å². The van der Waals surface area contributed by atoms with Gasteiger partial charge in [0, 0.05) is 12.1 Å². The minimum absolute atomic E-state index is 0.00996. The van der Waals surface area contributed by atoms with Gasteiger partial charge in [0.25, 0.3) is 0 Å². The van der Waals surface area contributed by atoms with Gasteiger partial charge in [-0.25, -0.2) is 4.39 Å². The molecule has 2 rings (SSSR count). The predicted octanol–water partition coefficient (Wildman–Crippen LogP) is 1.75. The second-order valence-electron chi connectivity index (χ2n) is 4.50. The summed E-state index contributed by atoms with van der Waals surface area (Å²) >= 11 is 0. The van der Waals surface area contributed by atoms with Crippen molar-refractivity contribution in [3.8, 4) is 0 Å². The number of hydrogen-bond donors (Lipinski definition) is 2. The largest absolute Gasteiger partial charge is 0.352 e. The van der Waals surface area contributed by atoms with E-state index in [1.165, 1.54) is 12.1 Å². The van der Waals surface area contributed by atoms with Crippen LogP contribution in [0, 0.1) is 5.82 Å². The summed E-state index contributed by atoms with van der Waals surface area (Å²) in [4.78, 5) is 11.4. The minimum Gasteiger partial charge on any atom is -0.352 e. The smallest absolute Gasteiger partial charge is 0.234 e. The summed E-state index contributed by atoms with van der Waals surface area (Å²) in [6.07, 6.45) is 2.18. The van der Waals surface area contributed by atoms with Crippen LogP contribution in [0.3, 0.4) is 0 Å². The van der Waals surface area contributed by atoms with Gasteiger partial charge in [0.2, 0.25) is 5.91 Å². The molecule has 1 aliphatic carbocycles. The van der Waals surface area contributed by atoms with Crippen LogP contribution in [0.4, 0.5) is 4.39 Å². The van der Waals surface area contributed by atoms with Crippen molar-refractivity contribution in [3.63, 3.8) is 0 Å². The third kappa shape index (κ3) is 3.82. The zero-order valence-corrected chi connectivity index (χ0v) is 9.87. The van der Waals surface area contributed by atoms with Gasteiger partial charge < -0.3 is 10.6 Å². The first-order chi connectivity index (χ1) is 8.15. The van der Waals surface area contributed by atoms with E-state index in [2.05, 4.69) is 10.6 Å². The van der Waals surface area contributed by atoms with E-state index in [-0.39, 0.29) is 24.3 Å². The number of benzene rings is 1. The standard InChI is InChI=1S/C13H17FN2O/c1-9(10-3-2-4-11(14)7-10)15-8-13(17)16-12-5-6-12/h2-4,7,9,12,15H,5-6,8H2,1H3,(H,16,17). The van der Waals surface area contributed by atoms with Gasteiger partial charge in [-0.05, 0) is 37.5 Å². The van der Waals surface area contributed by atoms with E-state index in [1.807, 2.05) is 13.0 Å². The highest BCUT2D eigenvalue weighted by molar-refractivity contribution is 5.78. The molecule has 0 aliphatic heterocycles. The third-order valence-electron chi connectivity index (χ3n) is 2.86. The van der Waals surface area contributed by atoms with Crippen LogP contribution in [0.2, 0.25) is 0 Å². The zero-order chi connectivity index (χ0) is 12.3. The van der Waals surface area contributed by atoms with Crippen LogP contribution in [0.15, 0.2) is 24.3 Å². The molecule has 4 heteroatoms. The molecular weight excluding hydrogens is 219 g/mol. The second-order valence-corrected chi connectivity index (χ2v) is 4.50. The first-order valence-electron chi connectivity index (χ1n) is 5.93. The second kappa shape index (κ2) is 5.27. The van der Waals surface area contributed by atoms with Crippen LogP contribution in [0.25, 0.3) is 0 Å². The highest BCUT2D eigenvalue weighted by Gasteiger charge is 2.23. The number of carbonyl (C=O) groups excluding carboxylic acids is 1. The monoisotopic (exact) mass is 236 g/mol. The van der Waals surface area contributed by atoms with Crippen molar-refractivity contribution in [2.45, 2.75) is 31.8 Å². The van der Waals surface area contributed by atoms with Crippen molar-refractivity contribution in [2.75, 3.05) is 6.54 Å². The van der Waals surface area contributed by atoms with Gasteiger partial charge in [-0.1, -0.05) is 12.1 Å². The lowest BCUT2D eigenvalue weighted by Gasteiger charge is -2.14. The van der Waals surface area contributed by atoms with E-state index in [4.69, 9.17) is 0 Å². The van der Waals surface area contributed by atoms with E-state index in [1.54, 1.807) is 6.07 Å². The fourth-order valence-electron chi connectivity index (χ4n) is 1.65.